The average molecular weight is 266 g/mol. The maximum Gasteiger partial charge on any atom is 0.257 e. The lowest BCUT2D eigenvalue weighted by atomic mass is 10.1. The fraction of sp³-hybridized carbons (Fsp3) is 0. The van der Waals surface area contributed by atoms with E-state index in [0.717, 1.165) is 22.5 Å². The Hall–Kier alpha value is -2.75. The molecule has 0 aliphatic heterocycles. The first-order chi connectivity index (χ1) is 9.74. The summed E-state index contributed by atoms with van der Waals surface area (Å²) in [7, 11) is 0. The molecule has 98 valence electrons. The second kappa shape index (κ2) is 5.09. The topological polar surface area (TPSA) is 42.0 Å². The minimum absolute atomic E-state index is 0.311. The first-order valence-electron chi connectivity index (χ1n) is 6.15. The van der Waals surface area contributed by atoms with E-state index in [0.29, 0.717) is 5.56 Å². The number of carbonyl (C=O) groups is 1. The number of fused-ring (bicyclic) bond motifs is 1. The number of benzene rings is 2. The number of carbonyl (C=O) groups excluding carboxylic acids is 1. The Kier molecular flexibility index (Phi) is 3.13. The number of amides is 1. The molecule has 0 radical (unpaired) electrons. The highest BCUT2D eigenvalue weighted by molar-refractivity contribution is 6.08. The average Bonchev–Trinajstić information content (AvgIpc) is 2.48. The van der Waals surface area contributed by atoms with Gasteiger partial charge in [-0.15, -0.1) is 0 Å². The van der Waals surface area contributed by atoms with Crippen LogP contribution in [0, 0.1) is 5.95 Å². The smallest absolute Gasteiger partial charge is 0.257 e. The van der Waals surface area contributed by atoms with Gasteiger partial charge >= 0.3 is 0 Å². The van der Waals surface area contributed by atoms with E-state index in [1.54, 1.807) is 0 Å². The first-order valence-corrected chi connectivity index (χ1v) is 6.15. The Labute approximate surface area is 115 Å². The molecule has 0 aliphatic rings. The number of aromatic nitrogens is 1. The number of rotatable bonds is 2. The molecule has 3 aromatic rings. The Morgan fingerprint density at radius 2 is 1.80 bits per heavy atom. The monoisotopic (exact) mass is 266 g/mol. The van der Waals surface area contributed by atoms with Crippen molar-refractivity contribution in [1.82, 2.24) is 4.98 Å². The fourth-order valence-corrected chi connectivity index (χ4v) is 2.04. The number of hydrogen-bond donors (Lipinski definition) is 1. The molecule has 3 rings (SSSR count). The maximum atomic E-state index is 12.7. The van der Waals surface area contributed by atoms with Gasteiger partial charge in [0.1, 0.15) is 0 Å². The summed E-state index contributed by atoms with van der Waals surface area (Å²) < 4.78 is 12.7. The predicted octanol–water partition coefficient (Wildman–Crippen LogP) is 3.63. The summed E-state index contributed by atoms with van der Waals surface area (Å²) in [6.45, 7) is 0. The van der Waals surface area contributed by atoms with Crippen LogP contribution in [0.4, 0.5) is 10.1 Å². The van der Waals surface area contributed by atoms with Crippen molar-refractivity contribution in [2.24, 2.45) is 0 Å². The summed E-state index contributed by atoms with van der Waals surface area (Å²) >= 11 is 0. The zero-order valence-electron chi connectivity index (χ0n) is 10.5. The van der Waals surface area contributed by atoms with Crippen LogP contribution in [-0.2, 0) is 0 Å². The van der Waals surface area contributed by atoms with Gasteiger partial charge in [0.2, 0.25) is 5.95 Å². The predicted molar refractivity (Wildman–Crippen MR) is 76.1 cm³/mol. The SMILES string of the molecule is O=C(Nc1cccc2ccccc12)c1ccc(F)nc1. The lowest BCUT2D eigenvalue weighted by Gasteiger charge is -2.08. The molecule has 1 heterocycles. The number of hydrogen-bond acceptors (Lipinski definition) is 2. The van der Waals surface area contributed by atoms with Gasteiger partial charge in [0.15, 0.2) is 0 Å². The quantitative estimate of drug-likeness (QED) is 0.720. The molecule has 2 aromatic carbocycles. The van der Waals surface area contributed by atoms with Crippen molar-refractivity contribution < 1.29 is 9.18 Å². The molecule has 4 heteroatoms. The van der Waals surface area contributed by atoms with E-state index in [1.165, 1.54) is 12.3 Å². The Bertz CT molecular complexity index is 764. The summed E-state index contributed by atoms with van der Waals surface area (Å²) in [5.74, 6) is -0.916. The van der Waals surface area contributed by atoms with Crippen LogP contribution in [0.5, 0.6) is 0 Å². The number of halogens is 1. The van der Waals surface area contributed by atoms with Crippen LogP contribution < -0.4 is 5.32 Å². The summed E-state index contributed by atoms with van der Waals surface area (Å²) in [5.41, 5.74) is 1.04. The molecule has 1 amide bonds. The van der Waals surface area contributed by atoms with Gasteiger partial charge in [-0.25, -0.2) is 4.98 Å². The van der Waals surface area contributed by atoms with E-state index < -0.39 is 5.95 Å². The third kappa shape index (κ3) is 2.36. The first kappa shape index (κ1) is 12.3. The molecular formula is C16H11FN2O. The molecule has 1 aromatic heterocycles. The minimum atomic E-state index is -0.605. The van der Waals surface area contributed by atoms with Gasteiger partial charge in [0.25, 0.3) is 5.91 Å². The molecule has 0 aliphatic carbocycles. The zero-order chi connectivity index (χ0) is 13.9. The summed E-state index contributed by atoms with van der Waals surface area (Å²) in [4.78, 5) is 15.6. The van der Waals surface area contributed by atoms with E-state index in [1.807, 2.05) is 42.5 Å². The summed E-state index contributed by atoms with van der Waals surface area (Å²) in [5, 5.41) is 4.82. The standard InChI is InChI=1S/C16H11FN2O/c17-15-9-8-12(10-18-15)16(20)19-14-7-3-5-11-4-1-2-6-13(11)14/h1-10H,(H,19,20). The van der Waals surface area contributed by atoms with Crippen LogP contribution in [0.2, 0.25) is 0 Å². The van der Waals surface area contributed by atoms with Crippen molar-refractivity contribution in [1.29, 1.82) is 0 Å². The Morgan fingerprint density at radius 1 is 1.00 bits per heavy atom. The van der Waals surface area contributed by atoms with Gasteiger partial charge in [-0.2, -0.15) is 4.39 Å². The third-order valence-corrected chi connectivity index (χ3v) is 3.03. The minimum Gasteiger partial charge on any atom is -0.321 e. The van der Waals surface area contributed by atoms with E-state index >= 15 is 0 Å². The van der Waals surface area contributed by atoms with Crippen LogP contribution in [-0.4, -0.2) is 10.9 Å². The van der Waals surface area contributed by atoms with Gasteiger partial charge in [-0.1, -0.05) is 36.4 Å². The van der Waals surface area contributed by atoms with Gasteiger partial charge in [0, 0.05) is 17.3 Å². The van der Waals surface area contributed by atoms with Crippen molar-refractivity contribution in [2.75, 3.05) is 5.32 Å². The summed E-state index contributed by atoms with van der Waals surface area (Å²) in [6, 6.07) is 16.0. The molecular weight excluding hydrogens is 255 g/mol. The Balaban J connectivity index is 1.93. The van der Waals surface area contributed by atoms with Crippen molar-refractivity contribution in [3.8, 4) is 0 Å². The van der Waals surface area contributed by atoms with Gasteiger partial charge in [-0.05, 0) is 23.6 Å². The second-order valence-electron chi connectivity index (χ2n) is 4.35. The molecule has 0 saturated heterocycles. The molecule has 1 N–H and O–H groups in total. The molecule has 3 nitrogen and oxygen atoms in total. The lowest BCUT2D eigenvalue weighted by Crippen LogP contribution is -2.12. The highest BCUT2D eigenvalue weighted by Gasteiger charge is 2.08. The number of nitrogens with one attached hydrogen (secondary N) is 1. The van der Waals surface area contributed by atoms with Crippen molar-refractivity contribution in [2.45, 2.75) is 0 Å². The summed E-state index contributed by atoms with van der Waals surface area (Å²) in [6.07, 6.45) is 1.22. The number of pyridine rings is 1. The van der Waals surface area contributed by atoms with E-state index in [-0.39, 0.29) is 5.91 Å². The van der Waals surface area contributed by atoms with Crippen LogP contribution in [0.3, 0.4) is 0 Å². The molecule has 0 spiro atoms. The highest BCUT2D eigenvalue weighted by atomic mass is 19.1. The lowest BCUT2D eigenvalue weighted by molar-refractivity contribution is 0.102. The van der Waals surface area contributed by atoms with Crippen LogP contribution in [0.25, 0.3) is 10.8 Å². The van der Waals surface area contributed by atoms with Gasteiger partial charge in [-0.3, -0.25) is 4.79 Å². The van der Waals surface area contributed by atoms with Crippen molar-refractivity contribution in [3.63, 3.8) is 0 Å². The van der Waals surface area contributed by atoms with Crippen LogP contribution in [0.1, 0.15) is 10.4 Å². The van der Waals surface area contributed by atoms with Crippen molar-refractivity contribution >= 4 is 22.4 Å². The highest BCUT2D eigenvalue weighted by Crippen LogP contribution is 2.23. The zero-order valence-corrected chi connectivity index (χ0v) is 10.5. The number of nitrogens with zero attached hydrogens (tertiary/aromatic N) is 1. The normalized spacial score (nSPS) is 10.4. The van der Waals surface area contributed by atoms with Crippen LogP contribution in [0.15, 0.2) is 60.8 Å². The molecule has 0 saturated carbocycles. The Morgan fingerprint density at radius 3 is 2.60 bits per heavy atom. The largest absolute Gasteiger partial charge is 0.321 e. The van der Waals surface area contributed by atoms with Crippen LogP contribution >= 0.6 is 0 Å². The molecule has 0 unspecified atom stereocenters. The number of anilines is 1. The fourth-order valence-electron chi connectivity index (χ4n) is 2.04. The van der Waals surface area contributed by atoms with Gasteiger partial charge < -0.3 is 5.32 Å². The molecule has 0 fully saturated rings. The van der Waals surface area contributed by atoms with Crippen molar-refractivity contribution in [3.05, 3.63) is 72.3 Å². The van der Waals surface area contributed by atoms with Gasteiger partial charge in [0.05, 0.1) is 5.56 Å². The molecule has 20 heavy (non-hydrogen) atoms. The molecule has 0 bridgehead atoms. The third-order valence-electron chi connectivity index (χ3n) is 3.03. The van der Waals surface area contributed by atoms with E-state index in [4.69, 9.17) is 0 Å². The molecule has 0 atom stereocenters. The van der Waals surface area contributed by atoms with E-state index in [2.05, 4.69) is 10.3 Å². The maximum absolute atomic E-state index is 12.7. The van der Waals surface area contributed by atoms with E-state index in [9.17, 15) is 9.18 Å². The second-order valence-corrected chi connectivity index (χ2v) is 4.35.